The van der Waals surface area contributed by atoms with Crippen molar-refractivity contribution in [2.75, 3.05) is 25.0 Å². The molecule has 0 saturated carbocycles. The second-order valence-electron chi connectivity index (χ2n) is 8.31. The fourth-order valence-corrected chi connectivity index (χ4v) is 4.44. The first kappa shape index (κ1) is 20.4. The molecule has 156 valence electrons. The van der Waals surface area contributed by atoms with Crippen LogP contribution in [0.3, 0.4) is 0 Å². The minimum atomic E-state index is -0.0852. The Morgan fingerprint density at radius 1 is 1.03 bits per heavy atom. The summed E-state index contributed by atoms with van der Waals surface area (Å²) in [6, 6.07) is 23.9. The Hall–Kier alpha value is -2.92. The van der Waals surface area contributed by atoms with Crippen molar-refractivity contribution in [2.45, 2.75) is 32.2 Å². The van der Waals surface area contributed by atoms with Crippen LogP contribution in [0.25, 0.3) is 0 Å². The maximum Gasteiger partial charge on any atom is 0.222 e. The van der Waals surface area contributed by atoms with Crippen molar-refractivity contribution in [3.8, 4) is 0 Å². The number of hydrogen-bond donors (Lipinski definition) is 1. The summed E-state index contributed by atoms with van der Waals surface area (Å²) < 4.78 is 2.01. The van der Waals surface area contributed by atoms with Crippen molar-refractivity contribution in [2.24, 2.45) is 5.92 Å². The Labute approximate surface area is 178 Å². The van der Waals surface area contributed by atoms with Crippen LogP contribution in [0.1, 0.15) is 30.5 Å². The van der Waals surface area contributed by atoms with Crippen LogP contribution in [0.15, 0.2) is 72.9 Å². The van der Waals surface area contributed by atoms with Crippen molar-refractivity contribution >= 4 is 11.7 Å². The number of hydrogen-bond acceptors (Lipinski definition) is 3. The summed E-state index contributed by atoms with van der Waals surface area (Å²) in [4.78, 5) is 13.8. The standard InChI is InChI=1S/C25H30N4O/c1-20(30)26-25-13-15-29(27-25)24-12-14-28(19-24)18-23(16-21-8-4-2-5-9-21)17-22-10-6-3-7-11-22/h2-11,13,15,23-24H,12,14,16-19H2,1H3,(H,26,27,30). The molecular weight excluding hydrogens is 372 g/mol. The van der Waals surface area contributed by atoms with Gasteiger partial charge in [0.15, 0.2) is 5.82 Å². The Balaban J connectivity index is 1.40. The van der Waals surface area contributed by atoms with E-state index < -0.39 is 0 Å². The molecule has 1 aliphatic heterocycles. The molecule has 30 heavy (non-hydrogen) atoms. The van der Waals surface area contributed by atoms with Crippen LogP contribution in [-0.4, -0.2) is 40.2 Å². The summed E-state index contributed by atoms with van der Waals surface area (Å²) in [6.45, 7) is 4.68. The monoisotopic (exact) mass is 402 g/mol. The van der Waals surface area contributed by atoms with E-state index in [9.17, 15) is 4.79 Å². The number of nitrogens with one attached hydrogen (secondary N) is 1. The van der Waals surface area contributed by atoms with E-state index in [1.165, 1.54) is 18.1 Å². The molecule has 0 spiro atoms. The predicted molar refractivity (Wildman–Crippen MR) is 120 cm³/mol. The molecule has 1 fully saturated rings. The van der Waals surface area contributed by atoms with E-state index in [2.05, 4.69) is 76.0 Å². The molecule has 1 aromatic heterocycles. The molecule has 1 saturated heterocycles. The first-order valence-corrected chi connectivity index (χ1v) is 10.8. The first-order chi connectivity index (χ1) is 14.7. The van der Waals surface area contributed by atoms with Gasteiger partial charge in [-0.25, -0.2) is 0 Å². The summed E-state index contributed by atoms with van der Waals surface area (Å²) in [5.74, 6) is 1.12. The van der Waals surface area contributed by atoms with Gasteiger partial charge in [0.1, 0.15) is 0 Å². The van der Waals surface area contributed by atoms with Gasteiger partial charge in [0.2, 0.25) is 5.91 Å². The van der Waals surface area contributed by atoms with Crippen LogP contribution in [0, 0.1) is 5.92 Å². The number of aromatic nitrogens is 2. The third-order valence-electron chi connectivity index (χ3n) is 5.78. The molecule has 1 atom stereocenters. The molecule has 1 aliphatic rings. The van der Waals surface area contributed by atoms with Gasteiger partial charge < -0.3 is 10.2 Å². The molecule has 3 aromatic rings. The molecule has 0 radical (unpaired) electrons. The van der Waals surface area contributed by atoms with Gasteiger partial charge in [-0.05, 0) is 36.3 Å². The summed E-state index contributed by atoms with van der Waals surface area (Å²) >= 11 is 0. The van der Waals surface area contributed by atoms with Crippen LogP contribution in [0.4, 0.5) is 5.82 Å². The fraction of sp³-hybridized carbons (Fsp3) is 0.360. The zero-order chi connectivity index (χ0) is 20.8. The van der Waals surface area contributed by atoms with Crippen molar-refractivity contribution in [1.29, 1.82) is 0 Å². The van der Waals surface area contributed by atoms with Gasteiger partial charge in [-0.1, -0.05) is 60.7 Å². The van der Waals surface area contributed by atoms with Gasteiger partial charge in [-0.3, -0.25) is 9.48 Å². The highest BCUT2D eigenvalue weighted by atomic mass is 16.1. The van der Waals surface area contributed by atoms with E-state index in [4.69, 9.17) is 0 Å². The number of carbonyl (C=O) groups excluding carboxylic acids is 1. The van der Waals surface area contributed by atoms with E-state index >= 15 is 0 Å². The lowest BCUT2D eigenvalue weighted by Gasteiger charge is -2.24. The summed E-state index contributed by atoms with van der Waals surface area (Å²) in [5, 5.41) is 7.30. The molecular formula is C25H30N4O. The Kier molecular flexibility index (Phi) is 6.60. The minimum absolute atomic E-state index is 0.0852. The highest BCUT2D eigenvalue weighted by Crippen LogP contribution is 2.25. The lowest BCUT2D eigenvalue weighted by Crippen LogP contribution is -2.30. The molecule has 1 amide bonds. The average molecular weight is 403 g/mol. The van der Waals surface area contributed by atoms with Crippen LogP contribution in [-0.2, 0) is 17.6 Å². The van der Waals surface area contributed by atoms with Crippen LogP contribution >= 0.6 is 0 Å². The lowest BCUT2D eigenvalue weighted by atomic mass is 9.92. The van der Waals surface area contributed by atoms with Crippen molar-refractivity contribution in [3.63, 3.8) is 0 Å². The van der Waals surface area contributed by atoms with Gasteiger partial charge in [0.05, 0.1) is 6.04 Å². The molecule has 0 aliphatic carbocycles. The second kappa shape index (κ2) is 9.72. The van der Waals surface area contributed by atoms with Gasteiger partial charge in [0, 0.05) is 38.8 Å². The number of likely N-dealkylation sites (tertiary alicyclic amines) is 1. The van der Waals surface area contributed by atoms with Gasteiger partial charge in [0.25, 0.3) is 0 Å². The normalized spacial score (nSPS) is 16.8. The maximum atomic E-state index is 11.2. The quantitative estimate of drug-likeness (QED) is 0.615. The smallest absolute Gasteiger partial charge is 0.222 e. The molecule has 5 nitrogen and oxygen atoms in total. The second-order valence-corrected chi connectivity index (χ2v) is 8.31. The van der Waals surface area contributed by atoms with E-state index in [0.717, 1.165) is 38.9 Å². The third kappa shape index (κ3) is 5.57. The van der Waals surface area contributed by atoms with E-state index in [-0.39, 0.29) is 5.91 Å². The van der Waals surface area contributed by atoms with E-state index in [1.807, 2.05) is 16.9 Å². The zero-order valence-electron chi connectivity index (χ0n) is 17.6. The van der Waals surface area contributed by atoms with Gasteiger partial charge in [-0.2, -0.15) is 5.10 Å². The van der Waals surface area contributed by atoms with Gasteiger partial charge >= 0.3 is 0 Å². The van der Waals surface area contributed by atoms with Crippen LogP contribution in [0.5, 0.6) is 0 Å². The largest absolute Gasteiger partial charge is 0.309 e. The highest BCUT2D eigenvalue weighted by molar-refractivity contribution is 5.87. The van der Waals surface area contributed by atoms with E-state index in [0.29, 0.717) is 17.8 Å². The number of carbonyl (C=O) groups is 1. The van der Waals surface area contributed by atoms with E-state index in [1.54, 1.807) is 0 Å². The van der Waals surface area contributed by atoms with Crippen molar-refractivity contribution in [3.05, 3.63) is 84.1 Å². The molecule has 5 heteroatoms. The SMILES string of the molecule is CC(=O)Nc1ccn(C2CCN(CC(Cc3ccccc3)Cc3ccccc3)C2)n1. The van der Waals surface area contributed by atoms with Gasteiger partial charge in [-0.15, -0.1) is 0 Å². The number of amides is 1. The Morgan fingerprint density at radius 2 is 1.67 bits per heavy atom. The molecule has 2 aromatic carbocycles. The fourth-order valence-electron chi connectivity index (χ4n) is 4.44. The molecule has 1 unspecified atom stereocenters. The summed E-state index contributed by atoms with van der Waals surface area (Å²) in [6.07, 6.45) is 5.24. The van der Waals surface area contributed by atoms with Crippen LogP contribution in [0.2, 0.25) is 0 Å². The molecule has 1 N–H and O–H groups in total. The maximum absolute atomic E-state index is 11.2. The highest BCUT2D eigenvalue weighted by Gasteiger charge is 2.26. The average Bonchev–Trinajstić information content (AvgIpc) is 3.38. The molecule has 0 bridgehead atoms. The lowest BCUT2D eigenvalue weighted by molar-refractivity contribution is -0.114. The van der Waals surface area contributed by atoms with Crippen molar-refractivity contribution < 1.29 is 4.79 Å². The summed E-state index contributed by atoms with van der Waals surface area (Å²) in [7, 11) is 0. The summed E-state index contributed by atoms with van der Waals surface area (Å²) in [5.41, 5.74) is 2.81. The number of nitrogens with zero attached hydrogens (tertiary/aromatic N) is 3. The molecule has 4 rings (SSSR count). The Morgan fingerprint density at radius 3 is 2.27 bits per heavy atom. The molecule has 2 heterocycles. The first-order valence-electron chi connectivity index (χ1n) is 10.8. The zero-order valence-corrected chi connectivity index (χ0v) is 17.6. The minimum Gasteiger partial charge on any atom is -0.309 e. The number of rotatable bonds is 8. The Bertz CT molecular complexity index is 897. The van der Waals surface area contributed by atoms with Crippen molar-refractivity contribution in [1.82, 2.24) is 14.7 Å². The predicted octanol–water partition coefficient (Wildman–Crippen LogP) is 4.19. The third-order valence-corrected chi connectivity index (χ3v) is 5.78. The number of benzene rings is 2. The number of anilines is 1. The topological polar surface area (TPSA) is 50.2 Å². The van der Waals surface area contributed by atoms with Crippen LogP contribution < -0.4 is 5.32 Å².